The van der Waals surface area contributed by atoms with Crippen LogP contribution in [0.2, 0.25) is 0 Å². The van der Waals surface area contributed by atoms with Gasteiger partial charge in [-0.3, -0.25) is 4.79 Å². The van der Waals surface area contributed by atoms with Gasteiger partial charge in [0.05, 0.1) is 5.56 Å². The highest BCUT2D eigenvalue weighted by molar-refractivity contribution is 7.99. The molecular weight excluding hydrogens is 277 g/mol. The number of aliphatic hydroxyl groups is 1. The molecule has 1 rings (SSSR count). The Labute approximate surface area is 123 Å². The quantitative estimate of drug-likeness (QED) is 0.836. The van der Waals surface area contributed by atoms with Crippen LogP contribution in [-0.4, -0.2) is 35.2 Å². The zero-order valence-corrected chi connectivity index (χ0v) is 12.6. The van der Waals surface area contributed by atoms with E-state index in [1.54, 1.807) is 17.8 Å². The van der Waals surface area contributed by atoms with Crippen molar-refractivity contribution in [1.82, 2.24) is 5.32 Å². The fourth-order valence-electron chi connectivity index (χ4n) is 1.38. The highest BCUT2D eigenvalue weighted by Crippen LogP contribution is 2.20. The van der Waals surface area contributed by atoms with Gasteiger partial charge in [0.1, 0.15) is 12.4 Å². The number of aliphatic hydroxyl groups excluding tert-OH is 1. The van der Waals surface area contributed by atoms with E-state index in [9.17, 15) is 9.18 Å². The first-order valence-electron chi connectivity index (χ1n) is 6.12. The minimum absolute atomic E-state index is 0.00329. The number of halogens is 1. The summed E-state index contributed by atoms with van der Waals surface area (Å²) in [6.07, 6.45) is 1.96. The number of hydrogen-bond acceptors (Lipinski definition) is 3. The predicted molar refractivity (Wildman–Crippen MR) is 80.3 cm³/mol. The summed E-state index contributed by atoms with van der Waals surface area (Å²) in [4.78, 5) is 11.9. The van der Waals surface area contributed by atoms with Gasteiger partial charge in [-0.2, -0.15) is 11.8 Å². The van der Waals surface area contributed by atoms with Crippen LogP contribution in [0, 0.1) is 17.7 Å². The molecule has 0 fully saturated rings. The Kier molecular flexibility index (Phi) is 6.05. The van der Waals surface area contributed by atoms with Crippen molar-refractivity contribution in [3.8, 4) is 11.8 Å². The van der Waals surface area contributed by atoms with Crippen molar-refractivity contribution >= 4 is 17.7 Å². The second-order valence-corrected chi connectivity index (χ2v) is 6.31. The van der Waals surface area contributed by atoms with Crippen LogP contribution in [0.3, 0.4) is 0 Å². The molecule has 0 heterocycles. The van der Waals surface area contributed by atoms with Crippen LogP contribution < -0.4 is 5.32 Å². The number of carbonyl (C=O) groups excluding carboxylic acids is 1. The molecule has 0 aliphatic rings. The topological polar surface area (TPSA) is 49.3 Å². The molecule has 0 atom stereocenters. The van der Waals surface area contributed by atoms with Gasteiger partial charge in [0.2, 0.25) is 0 Å². The summed E-state index contributed by atoms with van der Waals surface area (Å²) in [5, 5.41) is 11.3. The van der Waals surface area contributed by atoms with Crippen LogP contribution in [0.4, 0.5) is 4.39 Å². The third-order valence-electron chi connectivity index (χ3n) is 2.75. The zero-order valence-electron chi connectivity index (χ0n) is 11.8. The van der Waals surface area contributed by atoms with E-state index in [2.05, 4.69) is 17.2 Å². The number of nitrogens with one attached hydrogen (secondary N) is 1. The fraction of sp³-hybridized carbons (Fsp3) is 0.400. The standard InChI is InChI=1S/C15H18FNO2S/c1-15(2,20-3)10-17-14(19)12-7-6-11(5-4-8-18)9-13(12)16/h6-7,9,18H,8,10H2,1-3H3,(H,17,19). The molecule has 0 aromatic heterocycles. The van der Waals surface area contributed by atoms with E-state index in [1.807, 2.05) is 20.1 Å². The van der Waals surface area contributed by atoms with Gasteiger partial charge >= 0.3 is 0 Å². The van der Waals surface area contributed by atoms with Crippen molar-refractivity contribution in [3.63, 3.8) is 0 Å². The summed E-state index contributed by atoms with van der Waals surface area (Å²) in [6.45, 7) is 4.18. The minimum atomic E-state index is -0.616. The molecule has 3 nitrogen and oxygen atoms in total. The summed E-state index contributed by atoms with van der Waals surface area (Å²) in [7, 11) is 0. The summed E-state index contributed by atoms with van der Waals surface area (Å²) in [6, 6.07) is 4.15. The van der Waals surface area contributed by atoms with Gasteiger partial charge in [0.15, 0.2) is 0 Å². The fourth-order valence-corrected chi connectivity index (χ4v) is 1.60. The lowest BCUT2D eigenvalue weighted by Crippen LogP contribution is -2.36. The molecule has 1 amide bonds. The number of carbonyl (C=O) groups is 1. The van der Waals surface area contributed by atoms with Gasteiger partial charge in [-0.25, -0.2) is 4.39 Å². The van der Waals surface area contributed by atoms with Crippen molar-refractivity contribution in [2.75, 3.05) is 19.4 Å². The third-order valence-corrected chi connectivity index (χ3v) is 4.00. The van der Waals surface area contributed by atoms with Crippen LogP contribution >= 0.6 is 11.8 Å². The summed E-state index contributed by atoms with van der Waals surface area (Å²) < 4.78 is 13.7. The van der Waals surface area contributed by atoms with Crippen molar-refractivity contribution < 1.29 is 14.3 Å². The van der Waals surface area contributed by atoms with Crippen molar-refractivity contribution in [1.29, 1.82) is 0 Å². The van der Waals surface area contributed by atoms with E-state index in [0.717, 1.165) is 0 Å². The molecule has 108 valence electrons. The highest BCUT2D eigenvalue weighted by atomic mass is 32.2. The molecule has 1 aromatic rings. The molecule has 0 radical (unpaired) electrons. The Morgan fingerprint density at radius 2 is 2.20 bits per heavy atom. The molecule has 5 heteroatoms. The minimum Gasteiger partial charge on any atom is -0.384 e. The number of thioether (sulfide) groups is 1. The van der Waals surface area contributed by atoms with E-state index in [-0.39, 0.29) is 16.9 Å². The maximum absolute atomic E-state index is 13.8. The van der Waals surface area contributed by atoms with Crippen molar-refractivity contribution in [2.45, 2.75) is 18.6 Å². The summed E-state index contributed by atoms with van der Waals surface area (Å²) in [5.74, 6) is 3.97. The monoisotopic (exact) mass is 295 g/mol. The molecule has 0 saturated heterocycles. The molecule has 2 N–H and O–H groups in total. The maximum Gasteiger partial charge on any atom is 0.254 e. The van der Waals surface area contributed by atoms with Gasteiger partial charge in [0.25, 0.3) is 5.91 Å². The molecule has 20 heavy (non-hydrogen) atoms. The van der Waals surface area contributed by atoms with Gasteiger partial charge < -0.3 is 10.4 Å². The van der Waals surface area contributed by atoms with Crippen molar-refractivity contribution in [2.24, 2.45) is 0 Å². The number of benzene rings is 1. The maximum atomic E-state index is 13.8. The van der Waals surface area contributed by atoms with Crippen molar-refractivity contribution in [3.05, 3.63) is 35.1 Å². The van der Waals surface area contributed by atoms with Crippen LogP contribution in [0.1, 0.15) is 29.8 Å². The summed E-state index contributed by atoms with van der Waals surface area (Å²) in [5.41, 5.74) is 0.425. The Morgan fingerprint density at radius 1 is 1.50 bits per heavy atom. The number of hydrogen-bond donors (Lipinski definition) is 2. The smallest absolute Gasteiger partial charge is 0.254 e. The van der Waals surface area contributed by atoms with Gasteiger partial charge in [-0.1, -0.05) is 11.8 Å². The first kappa shape index (κ1) is 16.5. The second-order valence-electron chi connectivity index (χ2n) is 4.80. The Morgan fingerprint density at radius 3 is 2.75 bits per heavy atom. The number of amides is 1. The first-order chi connectivity index (χ1) is 9.39. The molecule has 0 aliphatic carbocycles. The average Bonchev–Trinajstić information content (AvgIpc) is 2.42. The SMILES string of the molecule is CSC(C)(C)CNC(=O)c1ccc(C#CCO)cc1F. The molecule has 0 unspecified atom stereocenters. The van der Waals surface area contributed by atoms with Crippen LogP contribution in [0.15, 0.2) is 18.2 Å². The third kappa shape index (κ3) is 4.87. The van der Waals surface area contributed by atoms with E-state index in [4.69, 9.17) is 5.11 Å². The van der Waals surface area contributed by atoms with E-state index in [1.165, 1.54) is 12.1 Å². The lowest BCUT2D eigenvalue weighted by atomic mass is 10.1. The van der Waals surface area contributed by atoms with Gasteiger partial charge in [-0.05, 0) is 38.3 Å². The molecule has 0 spiro atoms. The lowest BCUT2D eigenvalue weighted by molar-refractivity contribution is 0.0947. The Hall–Kier alpha value is -1.51. The lowest BCUT2D eigenvalue weighted by Gasteiger charge is -2.22. The first-order valence-corrected chi connectivity index (χ1v) is 7.35. The van der Waals surface area contributed by atoms with E-state index in [0.29, 0.717) is 12.1 Å². The van der Waals surface area contributed by atoms with E-state index >= 15 is 0 Å². The highest BCUT2D eigenvalue weighted by Gasteiger charge is 2.19. The average molecular weight is 295 g/mol. The van der Waals surface area contributed by atoms with Crippen LogP contribution in [0.25, 0.3) is 0 Å². The molecule has 0 aliphatic heterocycles. The summed E-state index contributed by atoms with van der Waals surface area (Å²) >= 11 is 1.63. The molecule has 1 aromatic carbocycles. The molecule has 0 saturated carbocycles. The van der Waals surface area contributed by atoms with Gasteiger partial charge in [-0.15, -0.1) is 0 Å². The predicted octanol–water partition coefficient (Wildman–Crippen LogP) is 2.04. The second kappa shape index (κ2) is 7.32. The number of rotatable bonds is 4. The van der Waals surface area contributed by atoms with Crippen LogP contribution in [0.5, 0.6) is 0 Å². The normalized spacial score (nSPS) is 10.7. The molecule has 0 bridgehead atoms. The zero-order chi connectivity index (χ0) is 15.2. The molecular formula is C15H18FNO2S. The Bertz CT molecular complexity index is 547. The van der Waals surface area contributed by atoms with Gasteiger partial charge in [0, 0.05) is 16.9 Å². The Balaban J connectivity index is 2.79. The van der Waals surface area contributed by atoms with Crippen LogP contribution in [-0.2, 0) is 0 Å². The largest absolute Gasteiger partial charge is 0.384 e. The van der Waals surface area contributed by atoms with E-state index < -0.39 is 11.7 Å².